The average molecular weight is 331 g/mol. The molecule has 5 heteroatoms. The third-order valence-electron chi connectivity index (χ3n) is 5.02. The molecule has 0 radical (unpaired) electrons. The smallest absolute Gasteiger partial charge is 0.216 e. The van der Waals surface area contributed by atoms with E-state index in [0.29, 0.717) is 17.9 Å². The van der Waals surface area contributed by atoms with Crippen molar-refractivity contribution < 1.29 is 8.81 Å². The highest BCUT2D eigenvalue weighted by atomic mass is 19.1. The molecule has 130 valence electrons. The highest BCUT2D eigenvalue weighted by Crippen LogP contribution is 2.30. The number of aromatic nitrogens is 2. The molecule has 3 rings (SSSR count). The lowest BCUT2D eigenvalue weighted by molar-refractivity contribution is 0.401. The van der Waals surface area contributed by atoms with Crippen LogP contribution in [-0.2, 0) is 6.42 Å². The Balaban J connectivity index is 1.57. The number of benzene rings is 1. The van der Waals surface area contributed by atoms with Crippen LogP contribution in [-0.4, -0.2) is 16.2 Å². The minimum atomic E-state index is -0.0956. The van der Waals surface area contributed by atoms with Crippen LogP contribution in [0.4, 0.5) is 4.39 Å². The molecule has 1 aliphatic carbocycles. The number of nitrogens with zero attached hydrogens (tertiary/aromatic N) is 2. The maximum atomic E-state index is 13.8. The maximum absolute atomic E-state index is 13.8. The number of hydrogen-bond donors (Lipinski definition) is 1. The highest BCUT2D eigenvalue weighted by Gasteiger charge is 2.27. The first-order valence-electron chi connectivity index (χ1n) is 8.74. The van der Waals surface area contributed by atoms with Gasteiger partial charge in [-0.3, -0.25) is 0 Å². The summed E-state index contributed by atoms with van der Waals surface area (Å²) in [4.78, 5) is 0. The summed E-state index contributed by atoms with van der Waals surface area (Å²) in [5.41, 5.74) is 2.59. The van der Waals surface area contributed by atoms with Crippen LogP contribution < -0.4 is 5.32 Å². The topological polar surface area (TPSA) is 51.0 Å². The van der Waals surface area contributed by atoms with Crippen LogP contribution in [0.5, 0.6) is 0 Å². The highest BCUT2D eigenvalue weighted by molar-refractivity contribution is 5.32. The van der Waals surface area contributed by atoms with Crippen molar-refractivity contribution in [1.29, 1.82) is 0 Å². The fourth-order valence-corrected chi connectivity index (χ4v) is 3.76. The normalized spacial score (nSPS) is 22.0. The van der Waals surface area contributed by atoms with Crippen molar-refractivity contribution in [3.8, 4) is 0 Å². The second kappa shape index (κ2) is 7.01. The predicted octanol–water partition coefficient (Wildman–Crippen LogP) is 4.20. The Morgan fingerprint density at radius 3 is 2.54 bits per heavy atom. The van der Waals surface area contributed by atoms with E-state index in [1.54, 1.807) is 0 Å². The summed E-state index contributed by atoms with van der Waals surface area (Å²) in [7, 11) is 0. The van der Waals surface area contributed by atoms with Crippen molar-refractivity contribution in [1.82, 2.24) is 15.5 Å². The molecule has 4 nitrogen and oxygen atoms in total. The molecule has 1 aliphatic rings. The van der Waals surface area contributed by atoms with E-state index in [1.807, 2.05) is 32.9 Å². The molecule has 1 N–H and O–H groups in total. The van der Waals surface area contributed by atoms with E-state index < -0.39 is 0 Å². The molecule has 24 heavy (non-hydrogen) atoms. The monoisotopic (exact) mass is 331 g/mol. The molecule has 1 fully saturated rings. The van der Waals surface area contributed by atoms with Gasteiger partial charge in [0.15, 0.2) is 0 Å². The van der Waals surface area contributed by atoms with Gasteiger partial charge in [0.25, 0.3) is 0 Å². The van der Waals surface area contributed by atoms with Gasteiger partial charge in [-0.25, -0.2) is 4.39 Å². The van der Waals surface area contributed by atoms with Gasteiger partial charge < -0.3 is 9.73 Å². The van der Waals surface area contributed by atoms with Crippen LogP contribution in [0.25, 0.3) is 0 Å². The zero-order valence-corrected chi connectivity index (χ0v) is 14.9. The van der Waals surface area contributed by atoms with Crippen LogP contribution in [0.2, 0.25) is 0 Å². The largest absolute Gasteiger partial charge is 0.426 e. The fourth-order valence-electron chi connectivity index (χ4n) is 3.76. The molecule has 2 aromatic rings. The van der Waals surface area contributed by atoms with Gasteiger partial charge in [0.05, 0.1) is 0 Å². The van der Waals surface area contributed by atoms with E-state index in [4.69, 9.17) is 4.42 Å². The van der Waals surface area contributed by atoms with Gasteiger partial charge in [0, 0.05) is 25.4 Å². The summed E-state index contributed by atoms with van der Waals surface area (Å²) in [6, 6.07) is 4.61. The molecule has 3 atom stereocenters. The van der Waals surface area contributed by atoms with Crippen molar-refractivity contribution in [3.63, 3.8) is 0 Å². The third kappa shape index (κ3) is 3.83. The second-order valence-corrected chi connectivity index (χ2v) is 7.15. The van der Waals surface area contributed by atoms with Crippen LogP contribution in [0, 0.1) is 32.5 Å². The van der Waals surface area contributed by atoms with E-state index in [2.05, 4.69) is 22.4 Å². The van der Waals surface area contributed by atoms with E-state index in [1.165, 1.54) is 6.42 Å². The fraction of sp³-hybridized carbons (Fsp3) is 0.579. The zero-order valence-electron chi connectivity index (χ0n) is 14.9. The molecule has 1 aromatic carbocycles. The Morgan fingerprint density at radius 2 is 1.92 bits per heavy atom. The number of nitrogens with one attached hydrogen (secondary N) is 1. The van der Waals surface area contributed by atoms with Crippen molar-refractivity contribution in [2.75, 3.05) is 0 Å². The van der Waals surface area contributed by atoms with Crippen LogP contribution >= 0.6 is 0 Å². The van der Waals surface area contributed by atoms with Crippen molar-refractivity contribution in [2.45, 2.75) is 65.5 Å². The summed E-state index contributed by atoms with van der Waals surface area (Å²) in [5.74, 6) is 1.87. The third-order valence-corrected chi connectivity index (χ3v) is 5.02. The molecule has 1 unspecified atom stereocenters. The van der Waals surface area contributed by atoms with E-state index in [0.717, 1.165) is 41.8 Å². The van der Waals surface area contributed by atoms with E-state index in [9.17, 15) is 4.39 Å². The van der Waals surface area contributed by atoms with E-state index in [-0.39, 0.29) is 11.9 Å². The van der Waals surface area contributed by atoms with Crippen molar-refractivity contribution in [3.05, 3.63) is 46.4 Å². The SMILES string of the molecule is Cc1nnc(C[C@@H]2CC[C@H](NC(C)c3cc(C)c(F)c(C)c3)C2)o1. The van der Waals surface area contributed by atoms with Gasteiger partial charge in [-0.1, -0.05) is 12.1 Å². The maximum Gasteiger partial charge on any atom is 0.216 e. The Labute approximate surface area is 142 Å². The molecular weight excluding hydrogens is 305 g/mol. The lowest BCUT2D eigenvalue weighted by Gasteiger charge is -2.21. The Hall–Kier alpha value is -1.75. The Bertz CT molecular complexity index is 689. The van der Waals surface area contributed by atoms with Crippen LogP contribution in [0.3, 0.4) is 0 Å². The summed E-state index contributed by atoms with van der Waals surface area (Å²) >= 11 is 0. The first kappa shape index (κ1) is 17.1. The molecular formula is C19H26FN3O. The van der Waals surface area contributed by atoms with Gasteiger partial charge >= 0.3 is 0 Å². The molecule has 0 aliphatic heterocycles. The molecule has 1 aromatic heterocycles. The van der Waals surface area contributed by atoms with Gasteiger partial charge in [0.2, 0.25) is 11.8 Å². The molecule has 0 spiro atoms. The summed E-state index contributed by atoms with van der Waals surface area (Å²) in [6.45, 7) is 7.64. The number of hydrogen-bond acceptors (Lipinski definition) is 4. The molecule has 1 heterocycles. The zero-order chi connectivity index (χ0) is 17.3. The summed E-state index contributed by atoms with van der Waals surface area (Å²) in [5, 5.41) is 11.7. The number of aryl methyl sites for hydroxylation is 3. The lowest BCUT2D eigenvalue weighted by atomic mass is 10.0. The number of halogens is 1. The first-order valence-corrected chi connectivity index (χ1v) is 8.74. The summed E-state index contributed by atoms with van der Waals surface area (Å²) < 4.78 is 19.3. The van der Waals surface area contributed by atoms with Crippen molar-refractivity contribution >= 4 is 0 Å². The van der Waals surface area contributed by atoms with Crippen molar-refractivity contribution in [2.24, 2.45) is 5.92 Å². The Morgan fingerprint density at radius 1 is 1.21 bits per heavy atom. The second-order valence-electron chi connectivity index (χ2n) is 7.15. The van der Waals surface area contributed by atoms with Gasteiger partial charge in [-0.2, -0.15) is 0 Å². The molecule has 0 amide bonds. The predicted molar refractivity (Wildman–Crippen MR) is 91.3 cm³/mol. The minimum Gasteiger partial charge on any atom is -0.426 e. The molecule has 0 saturated heterocycles. The first-order chi connectivity index (χ1) is 11.4. The van der Waals surface area contributed by atoms with Crippen LogP contribution in [0.15, 0.2) is 16.5 Å². The van der Waals surface area contributed by atoms with E-state index >= 15 is 0 Å². The minimum absolute atomic E-state index is 0.0956. The quantitative estimate of drug-likeness (QED) is 0.892. The lowest BCUT2D eigenvalue weighted by Crippen LogP contribution is -2.29. The molecule has 0 bridgehead atoms. The Kier molecular flexibility index (Phi) is 4.99. The van der Waals surface area contributed by atoms with Gasteiger partial charge in [-0.15, -0.1) is 10.2 Å². The number of rotatable bonds is 5. The average Bonchev–Trinajstić information content (AvgIpc) is 3.13. The molecule has 1 saturated carbocycles. The van der Waals surface area contributed by atoms with Gasteiger partial charge in [-0.05, 0) is 62.6 Å². The summed E-state index contributed by atoms with van der Waals surface area (Å²) in [6.07, 6.45) is 4.31. The van der Waals surface area contributed by atoms with Gasteiger partial charge in [0.1, 0.15) is 5.82 Å². The standard InChI is InChI=1S/C19H26FN3O/c1-11-7-16(8-12(2)19(11)20)13(3)21-17-6-5-15(9-17)10-18-23-22-14(4)24-18/h7-8,13,15,17,21H,5-6,9-10H2,1-4H3/t13?,15-,17+/m1/s1. The van der Waals surface area contributed by atoms with Crippen LogP contribution in [0.1, 0.15) is 60.7 Å².